The van der Waals surface area contributed by atoms with E-state index in [1.54, 1.807) is 0 Å². The molecule has 124 valence electrons. The molecule has 0 amide bonds. The smallest absolute Gasteiger partial charge is 0.308 e. The van der Waals surface area contributed by atoms with Crippen LogP contribution >= 0.6 is 0 Å². The molecule has 0 aromatic rings. The summed E-state index contributed by atoms with van der Waals surface area (Å²) in [6.07, 6.45) is -2.52. The van der Waals surface area contributed by atoms with Gasteiger partial charge in [-0.25, -0.2) is 0 Å². The van der Waals surface area contributed by atoms with Crippen molar-refractivity contribution in [2.24, 2.45) is 0 Å². The molecule has 0 saturated carbocycles. The van der Waals surface area contributed by atoms with Gasteiger partial charge in [0.05, 0.1) is 25.7 Å². The Hall–Kier alpha value is -0.730. The average Bonchev–Trinajstić information content (AvgIpc) is 2.47. The topological polar surface area (TPSA) is 116 Å². The molecular formula is C14H26O7. The summed E-state index contributed by atoms with van der Waals surface area (Å²) in [6, 6.07) is 0. The van der Waals surface area contributed by atoms with Gasteiger partial charge in [-0.15, -0.1) is 0 Å². The largest absolute Gasteiger partial charge is 0.466 e. The summed E-state index contributed by atoms with van der Waals surface area (Å²) in [4.78, 5) is 11.7. The molecule has 21 heavy (non-hydrogen) atoms. The van der Waals surface area contributed by atoms with Crippen LogP contribution in [0.15, 0.2) is 0 Å². The van der Waals surface area contributed by atoms with Crippen molar-refractivity contribution in [1.29, 1.82) is 0 Å². The Morgan fingerprint density at radius 3 is 2.33 bits per heavy atom. The van der Waals surface area contributed by atoms with E-state index in [4.69, 9.17) is 14.6 Å². The first-order valence-electron chi connectivity index (χ1n) is 7.47. The third-order valence-electron chi connectivity index (χ3n) is 3.62. The Morgan fingerprint density at radius 1 is 1.05 bits per heavy atom. The van der Waals surface area contributed by atoms with E-state index in [2.05, 4.69) is 6.92 Å². The van der Waals surface area contributed by atoms with Gasteiger partial charge in [0.25, 0.3) is 0 Å². The van der Waals surface area contributed by atoms with Gasteiger partial charge in [0.1, 0.15) is 24.4 Å². The Bertz CT molecular complexity index is 308. The third kappa shape index (κ3) is 5.52. The second kappa shape index (κ2) is 9.32. The molecule has 0 spiro atoms. The average molecular weight is 306 g/mol. The van der Waals surface area contributed by atoms with Gasteiger partial charge >= 0.3 is 5.97 Å². The molecule has 0 bridgehead atoms. The molecule has 0 aromatic heterocycles. The molecule has 1 fully saturated rings. The van der Waals surface area contributed by atoms with Gasteiger partial charge in [0, 0.05) is 0 Å². The normalized spacial score (nSPS) is 32.9. The van der Waals surface area contributed by atoms with Crippen LogP contribution < -0.4 is 0 Å². The van der Waals surface area contributed by atoms with Crippen molar-refractivity contribution in [2.75, 3.05) is 13.2 Å². The highest BCUT2D eigenvalue weighted by Crippen LogP contribution is 2.23. The molecule has 1 saturated heterocycles. The maximum absolute atomic E-state index is 11.7. The number of carbonyl (C=O) groups excluding carboxylic acids is 1. The van der Waals surface area contributed by atoms with E-state index in [9.17, 15) is 20.1 Å². The lowest BCUT2D eigenvalue weighted by Gasteiger charge is -2.39. The van der Waals surface area contributed by atoms with Crippen LogP contribution in [0.4, 0.5) is 0 Å². The number of esters is 1. The standard InChI is InChI=1S/C14H26O7/c1-2-3-4-5-6-20-11(16)7-9-12(17)14(19)13(18)10(8-15)21-9/h9-10,12-15,17-19H,2-8H2,1H3/t9?,10-,12-,13-,14-/m1/s1. The van der Waals surface area contributed by atoms with E-state index in [0.717, 1.165) is 25.7 Å². The first-order chi connectivity index (χ1) is 10.0. The fourth-order valence-corrected chi connectivity index (χ4v) is 2.29. The van der Waals surface area contributed by atoms with Gasteiger partial charge in [-0.2, -0.15) is 0 Å². The summed E-state index contributed by atoms with van der Waals surface area (Å²) in [6.45, 7) is 1.90. The Morgan fingerprint density at radius 2 is 1.71 bits per heavy atom. The van der Waals surface area contributed by atoms with Crippen molar-refractivity contribution >= 4 is 5.97 Å². The van der Waals surface area contributed by atoms with Crippen molar-refractivity contribution in [3.8, 4) is 0 Å². The molecule has 1 unspecified atom stereocenters. The molecule has 5 atom stereocenters. The molecule has 1 aliphatic rings. The number of carbonyl (C=O) groups is 1. The minimum atomic E-state index is -1.46. The van der Waals surface area contributed by atoms with E-state index in [1.807, 2.05) is 0 Å². The summed E-state index contributed by atoms with van der Waals surface area (Å²) in [5.74, 6) is -0.532. The predicted molar refractivity (Wildman–Crippen MR) is 73.5 cm³/mol. The van der Waals surface area contributed by atoms with Crippen molar-refractivity contribution in [3.63, 3.8) is 0 Å². The highest BCUT2D eigenvalue weighted by Gasteiger charge is 2.44. The number of aliphatic hydroxyl groups excluding tert-OH is 4. The zero-order chi connectivity index (χ0) is 15.8. The zero-order valence-corrected chi connectivity index (χ0v) is 12.4. The summed E-state index contributed by atoms with van der Waals surface area (Å²) in [5, 5.41) is 38.1. The number of hydrogen-bond acceptors (Lipinski definition) is 7. The predicted octanol–water partition coefficient (Wildman–Crippen LogP) is -0.658. The van der Waals surface area contributed by atoms with Gasteiger partial charge in [0.2, 0.25) is 0 Å². The van der Waals surface area contributed by atoms with E-state index in [-0.39, 0.29) is 6.42 Å². The van der Waals surface area contributed by atoms with E-state index in [1.165, 1.54) is 0 Å². The number of rotatable bonds is 8. The number of unbranched alkanes of at least 4 members (excludes halogenated alkanes) is 3. The third-order valence-corrected chi connectivity index (χ3v) is 3.62. The molecule has 7 nitrogen and oxygen atoms in total. The highest BCUT2D eigenvalue weighted by molar-refractivity contribution is 5.70. The van der Waals surface area contributed by atoms with Crippen LogP contribution in [0.1, 0.15) is 39.0 Å². The zero-order valence-electron chi connectivity index (χ0n) is 12.4. The summed E-state index contributed by atoms with van der Waals surface area (Å²) >= 11 is 0. The number of hydrogen-bond donors (Lipinski definition) is 4. The van der Waals surface area contributed by atoms with Gasteiger partial charge in [-0.3, -0.25) is 4.79 Å². The summed E-state index contributed by atoms with van der Waals surface area (Å²) in [7, 11) is 0. The summed E-state index contributed by atoms with van der Waals surface area (Å²) in [5.41, 5.74) is 0. The second-order valence-corrected chi connectivity index (χ2v) is 5.35. The molecule has 7 heteroatoms. The lowest BCUT2D eigenvalue weighted by atomic mass is 9.93. The number of ether oxygens (including phenoxy) is 2. The molecule has 0 aromatic carbocycles. The van der Waals surface area contributed by atoms with Crippen LogP contribution in [0.25, 0.3) is 0 Å². The van der Waals surface area contributed by atoms with Gasteiger partial charge in [-0.1, -0.05) is 26.2 Å². The Labute approximate surface area is 124 Å². The molecule has 1 rings (SSSR count). The van der Waals surface area contributed by atoms with Crippen LogP contribution in [0.2, 0.25) is 0 Å². The van der Waals surface area contributed by atoms with Crippen LogP contribution in [-0.2, 0) is 14.3 Å². The van der Waals surface area contributed by atoms with E-state index in [0.29, 0.717) is 6.61 Å². The maximum atomic E-state index is 11.7. The number of aliphatic hydroxyl groups is 4. The fourth-order valence-electron chi connectivity index (χ4n) is 2.29. The fraction of sp³-hybridized carbons (Fsp3) is 0.929. The Balaban J connectivity index is 2.36. The SMILES string of the molecule is CCCCCCOC(=O)CC1O[C@H](CO)[C@@H](O)[C@H](O)[C@@H]1O. The van der Waals surface area contributed by atoms with Crippen molar-refractivity contribution in [2.45, 2.75) is 69.5 Å². The van der Waals surface area contributed by atoms with E-state index >= 15 is 0 Å². The minimum absolute atomic E-state index is 0.227. The van der Waals surface area contributed by atoms with Crippen LogP contribution in [-0.4, -0.2) is 70.1 Å². The van der Waals surface area contributed by atoms with Gasteiger partial charge in [0.15, 0.2) is 0 Å². The van der Waals surface area contributed by atoms with Crippen LogP contribution in [0.5, 0.6) is 0 Å². The quantitative estimate of drug-likeness (QED) is 0.347. The van der Waals surface area contributed by atoms with Crippen LogP contribution in [0.3, 0.4) is 0 Å². The molecule has 0 radical (unpaired) electrons. The maximum Gasteiger partial charge on any atom is 0.308 e. The van der Waals surface area contributed by atoms with Gasteiger partial charge in [-0.05, 0) is 6.42 Å². The van der Waals surface area contributed by atoms with Crippen LogP contribution in [0, 0.1) is 0 Å². The molecule has 4 N–H and O–H groups in total. The molecule has 0 aliphatic carbocycles. The highest BCUT2D eigenvalue weighted by atomic mass is 16.6. The second-order valence-electron chi connectivity index (χ2n) is 5.35. The molecule has 1 aliphatic heterocycles. The van der Waals surface area contributed by atoms with E-state index < -0.39 is 43.1 Å². The monoisotopic (exact) mass is 306 g/mol. The van der Waals surface area contributed by atoms with Crippen molar-refractivity contribution in [3.05, 3.63) is 0 Å². The molecule has 1 heterocycles. The first kappa shape index (κ1) is 18.3. The summed E-state index contributed by atoms with van der Waals surface area (Å²) < 4.78 is 10.3. The van der Waals surface area contributed by atoms with Crippen molar-refractivity contribution < 1.29 is 34.7 Å². The first-order valence-corrected chi connectivity index (χ1v) is 7.47. The molecular weight excluding hydrogens is 280 g/mol. The van der Waals surface area contributed by atoms with Crippen molar-refractivity contribution in [1.82, 2.24) is 0 Å². The van der Waals surface area contributed by atoms with Gasteiger partial charge < -0.3 is 29.9 Å². The Kier molecular flexibility index (Phi) is 8.13. The minimum Gasteiger partial charge on any atom is -0.466 e. The lowest BCUT2D eigenvalue weighted by molar-refractivity contribution is -0.231. The lowest BCUT2D eigenvalue weighted by Crippen LogP contribution is -2.58.